The molecule has 256 valence electrons. The number of ketones is 3. The minimum absolute atomic E-state index is 0.0000463. The van der Waals surface area contributed by atoms with Gasteiger partial charge in [0, 0.05) is 58.5 Å². The highest BCUT2D eigenvalue weighted by atomic mass is 16.6. The Morgan fingerprint density at radius 2 is 1.52 bits per heavy atom. The predicted molar refractivity (Wildman–Crippen MR) is 165 cm³/mol. The summed E-state index contributed by atoms with van der Waals surface area (Å²) >= 11 is 0. The second kappa shape index (κ2) is 21.7. The molecule has 0 aromatic heterocycles. The summed E-state index contributed by atoms with van der Waals surface area (Å²) < 4.78 is 18.9. The highest BCUT2D eigenvalue weighted by Gasteiger charge is 2.32. The van der Waals surface area contributed by atoms with Gasteiger partial charge in [0.2, 0.25) is 0 Å². The zero-order valence-electron chi connectivity index (χ0n) is 27.6. The van der Waals surface area contributed by atoms with Crippen LogP contribution in [0.25, 0.3) is 0 Å². The number of likely N-dealkylation sites (tertiary alicyclic amines) is 1. The van der Waals surface area contributed by atoms with Crippen molar-refractivity contribution in [1.29, 1.82) is 0 Å². The van der Waals surface area contributed by atoms with Crippen LogP contribution in [-0.4, -0.2) is 126 Å². The van der Waals surface area contributed by atoms with Gasteiger partial charge in [-0.15, -0.1) is 0 Å². The molecule has 2 aliphatic rings. The molecule has 2 heterocycles. The third-order valence-corrected chi connectivity index (χ3v) is 7.21. The maximum absolute atomic E-state index is 12.2. The standard InChI is InChI=1S/C17H23NO5.C8H13NO3.C7H11NO3/c1-13(19)9-10-18(2)11-15(16(20)22-3)17(21)23-12-14-7-5-4-6-8-14;1-9-4-3-7(10)6(5-9)8(11)12-2;1-11-7(10)5-4-8-3-2-6(5)9/h4-8,15H,9-12H2,1-3H3;6H,3-5H2,1-2H3;5,8H,2-4H2,1H3. The van der Waals surface area contributed by atoms with E-state index in [1.54, 1.807) is 11.9 Å². The number of Topliss-reactive ketones (excluding diaryl/α,β-unsaturated/α-hetero) is 3. The first-order chi connectivity index (χ1) is 21.8. The second-order valence-corrected chi connectivity index (χ2v) is 10.9. The molecule has 1 N–H and O–H groups in total. The Morgan fingerprint density at radius 1 is 0.913 bits per heavy atom. The molecule has 46 heavy (non-hydrogen) atoms. The molecule has 3 unspecified atom stereocenters. The van der Waals surface area contributed by atoms with Gasteiger partial charge in [-0.05, 0) is 26.6 Å². The molecule has 0 saturated carbocycles. The van der Waals surface area contributed by atoms with E-state index in [2.05, 4.69) is 19.5 Å². The Morgan fingerprint density at radius 3 is 2.09 bits per heavy atom. The largest absolute Gasteiger partial charge is 0.468 e. The Kier molecular flexibility index (Phi) is 18.9. The third kappa shape index (κ3) is 14.8. The van der Waals surface area contributed by atoms with Crippen LogP contribution >= 0.6 is 0 Å². The lowest BCUT2D eigenvalue weighted by atomic mass is 9.97. The van der Waals surface area contributed by atoms with Crippen LogP contribution in [0, 0.1) is 17.8 Å². The van der Waals surface area contributed by atoms with Gasteiger partial charge in [-0.2, -0.15) is 0 Å². The monoisotopic (exact) mass is 649 g/mol. The van der Waals surface area contributed by atoms with Crippen LogP contribution in [0.4, 0.5) is 0 Å². The van der Waals surface area contributed by atoms with Gasteiger partial charge in [-0.1, -0.05) is 30.3 Å². The van der Waals surface area contributed by atoms with E-state index < -0.39 is 41.6 Å². The molecule has 0 bridgehead atoms. The molecule has 2 fully saturated rings. The number of ether oxygens (including phenoxy) is 4. The number of benzene rings is 1. The normalized spacial score (nSPS) is 18.5. The van der Waals surface area contributed by atoms with Gasteiger partial charge in [0.05, 0.1) is 21.3 Å². The average Bonchev–Trinajstić information content (AvgIpc) is 3.06. The van der Waals surface area contributed by atoms with E-state index >= 15 is 0 Å². The molecule has 2 aliphatic heterocycles. The first-order valence-electron chi connectivity index (χ1n) is 14.9. The predicted octanol–water partition coefficient (Wildman–Crippen LogP) is 0.448. The van der Waals surface area contributed by atoms with Crippen LogP contribution < -0.4 is 5.32 Å². The SMILES string of the molecule is COC(=O)C(CN(C)CCC(C)=O)C(=O)OCc1ccccc1.COC(=O)C1CN(C)CCC1=O.COC(=O)C1CNCCC1=O. The minimum atomic E-state index is -1.03. The zero-order valence-corrected chi connectivity index (χ0v) is 27.6. The Balaban J connectivity index is 0.000000383. The maximum atomic E-state index is 12.2. The molecule has 0 spiro atoms. The molecule has 14 heteroatoms. The molecular formula is C32H47N3O11. The van der Waals surface area contributed by atoms with Crippen molar-refractivity contribution in [3.63, 3.8) is 0 Å². The van der Waals surface area contributed by atoms with Crippen molar-refractivity contribution in [3.05, 3.63) is 35.9 Å². The maximum Gasteiger partial charge on any atom is 0.321 e. The quantitative estimate of drug-likeness (QED) is 0.199. The molecule has 1 aromatic rings. The summed E-state index contributed by atoms with van der Waals surface area (Å²) in [6, 6.07) is 9.22. The molecule has 14 nitrogen and oxygen atoms in total. The van der Waals surface area contributed by atoms with Gasteiger partial charge in [0.25, 0.3) is 0 Å². The molecular weight excluding hydrogens is 602 g/mol. The third-order valence-electron chi connectivity index (χ3n) is 7.21. The van der Waals surface area contributed by atoms with Gasteiger partial charge in [0.15, 0.2) is 5.92 Å². The van der Waals surface area contributed by atoms with Crippen molar-refractivity contribution in [2.45, 2.75) is 32.8 Å². The Labute approximate surface area is 270 Å². The smallest absolute Gasteiger partial charge is 0.321 e. The first kappa shape index (κ1) is 40.0. The summed E-state index contributed by atoms with van der Waals surface area (Å²) in [6.07, 6.45) is 1.25. The fraction of sp³-hybridized carbons (Fsp3) is 0.594. The van der Waals surface area contributed by atoms with Gasteiger partial charge in [-0.25, -0.2) is 0 Å². The molecule has 1 aromatic carbocycles. The number of piperidine rings is 2. The molecule has 3 atom stereocenters. The van der Waals surface area contributed by atoms with E-state index in [1.807, 2.05) is 42.3 Å². The number of esters is 4. The lowest BCUT2D eigenvalue weighted by molar-refractivity contribution is -0.162. The van der Waals surface area contributed by atoms with E-state index in [4.69, 9.17) is 4.74 Å². The summed E-state index contributed by atoms with van der Waals surface area (Å²) in [5.74, 6) is -4.24. The van der Waals surface area contributed by atoms with Crippen molar-refractivity contribution in [1.82, 2.24) is 15.1 Å². The van der Waals surface area contributed by atoms with Crippen molar-refractivity contribution in [2.24, 2.45) is 17.8 Å². The highest BCUT2D eigenvalue weighted by Crippen LogP contribution is 2.13. The number of methoxy groups -OCH3 is 3. The van der Waals surface area contributed by atoms with Crippen LogP contribution in [0.5, 0.6) is 0 Å². The topological polar surface area (TPSA) is 175 Å². The van der Waals surface area contributed by atoms with Crippen LogP contribution in [-0.2, 0) is 59.1 Å². The lowest BCUT2D eigenvalue weighted by Crippen LogP contribution is -2.42. The number of rotatable bonds is 11. The molecule has 0 amide bonds. The fourth-order valence-electron chi connectivity index (χ4n) is 4.40. The van der Waals surface area contributed by atoms with Crippen molar-refractivity contribution in [3.8, 4) is 0 Å². The molecule has 3 rings (SSSR count). The number of hydrogen-bond donors (Lipinski definition) is 1. The van der Waals surface area contributed by atoms with Gasteiger partial charge >= 0.3 is 23.9 Å². The summed E-state index contributed by atoms with van der Waals surface area (Å²) in [4.78, 5) is 82.9. The summed E-state index contributed by atoms with van der Waals surface area (Å²) in [7, 11) is 7.47. The van der Waals surface area contributed by atoms with Crippen molar-refractivity contribution >= 4 is 41.2 Å². The molecule has 0 aliphatic carbocycles. The number of nitrogens with one attached hydrogen (secondary N) is 1. The van der Waals surface area contributed by atoms with E-state index in [0.29, 0.717) is 45.4 Å². The zero-order chi connectivity index (χ0) is 34.6. The second-order valence-electron chi connectivity index (χ2n) is 10.9. The number of hydrogen-bond acceptors (Lipinski definition) is 14. The van der Waals surface area contributed by atoms with Gasteiger partial charge in [-0.3, -0.25) is 33.6 Å². The van der Waals surface area contributed by atoms with Crippen molar-refractivity contribution in [2.75, 3.05) is 74.7 Å². The van der Waals surface area contributed by atoms with Crippen LogP contribution in [0.15, 0.2) is 30.3 Å². The van der Waals surface area contributed by atoms with Crippen LogP contribution in [0.1, 0.15) is 31.7 Å². The average molecular weight is 650 g/mol. The Bertz CT molecular complexity index is 1160. The number of carbonyl (C=O) groups is 7. The summed E-state index contributed by atoms with van der Waals surface area (Å²) in [5, 5.41) is 2.96. The molecule has 0 radical (unpaired) electrons. The van der Waals surface area contributed by atoms with Crippen LogP contribution in [0.3, 0.4) is 0 Å². The number of nitrogens with zero attached hydrogens (tertiary/aromatic N) is 2. The van der Waals surface area contributed by atoms with Gasteiger partial charge in [0.1, 0.15) is 35.8 Å². The van der Waals surface area contributed by atoms with E-state index in [9.17, 15) is 33.6 Å². The highest BCUT2D eigenvalue weighted by molar-refractivity contribution is 6.00. The summed E-state index contributed by atoms with van der Waals surface area (Å²) in [5.41, 5.74) is 0.842. The number of carbonyl (C=O) groups excluding carboxylic acids is 7. The van der Waals surface area contributed by atoms with E-state index in [1.165, 1.54) is 28.3 Å². The van der Waals surface area contributed by atoms with E-state index in [-0.39, 0.29) is 30.5 Å². The van der Waals surface area contributed by atoms with Gasteiger partial charge < -0.3 is 34.1 Å². The van der Waals surface area contributed by atoms with Crippen LogP contribution in [0.2, 0.25) is 0 Å². The molecule has 2 saturated heterocycles. The lowest BCUT2D eigenvalue weighted by Gasteiger charge is -2.26. The van der Waals surface area contributed by atoms with E-state index in [0.717, 1.165) is 12.1 Å². The minimum Gasteiger partial charge on any atom is -0.468 e. The van der Waals surface area contributed by atoms with Crippen molar-refractivity contribution < 1.29 is 52.5 Å². The fourth-order valence-corrected chi connectivity index (χ4v) is 4.40. The Hall–Kier alpha value is -4.01. The first-order valence-corrected chi connectivity index (χ1v) is 14.9. The summed E-state index contributed by atoms with van der Waals surface area (Å²) in [6.45, 7) is 4.54.